The third kappa shape index (κ3) is 2.86. The molecule has 2 aromatic rings. The second-order valence-corrected chi connectivity index (χ2v) is 5.42. The number of aromatic nitrogens is 4. The molecule has 2 aromatic heterocycles. The summed E-state index contributed by atoms with van der Waals surface area (Å²) < 4.78 is 11.3. The Labute approximate surface area is 120 Å². The Bertz CT molecular complexity index is 603. The molecule has 20 heavy (non-hydrogen) atoms. The van der Waals surface area contributed by atoms with Crippen molar-refractivity contribution in [3.63, 3.8) is 0 Å². The van der Waals surface area contributed by atoms with Crippen LogP contribution < -0.4 is 5.32 Å². The summed E-state index contributed by atoms with van der Waals surface area (Å²) in [6.45, 7) is 0.648. The standard InChI is InChI=1S/C12H15N5O2S/c1-17-7-8(6-13-17)10-14-12(20-16-10)15-11(18)9-4-2-3-5-19-9/h6-7,9H,2-5H2,1H3,(H,14,15,16,18). The largest absolute Gasteiger partial charge is 0.368 e. The van der Waals surface area contributed by atoms with Gasteiger partial charge in [-0.25, -0.2) is 0 Å². The molecule has 1 aliphatic heterocycles. The number of carbonyl (C=O) groups is 1. The number of rotatable bonds is 3. The Morgan fingerprint density at radius 2 is 2.45 bits per heavy atom. The van der Waals surface area contributed by atoms with Crippen molar-refractivity contribution in [2.45, 2.75) is 25.4 Å². The van der Waals surface area contributed by atoms with Crippen LogP contribution in [0.5, 0.6) is 0 Å². The van der Waals surface area contributed by atoms with Crippen LogP contribution in [0.2, 0.25) is 0 Å². The number of ether oxygens (including phenoxy) is 1. The van der Waals surface area contributed by atoms with E-state index in [2.05, 4.69) is 19.8 Å². The second-order valence-electron chi connectivity index (χ2n) is 4.67. The fourth-order valence-electron chi connectivity index (χ4n) is 2.06. The van der Waals surface area contributed by atoms with E-state index in [4.69, 9.17) is 4.74 Å². The van der Waals surface area contributed by atoms with E-state index in [0.717, 1.165) is 36.4 Å². The smallest absolute Gasteiger partial charge is 0.255 e. The van der Waals surface area contributed by atoms with Gasteiger partial charge in [0.25, 0.3) is 5.91 Å². The molecule has 1 fully saturated rings. The molecular weight excluding hydrogens is 278 g/mol. The number of nitrogens with one attached hydrogen (secondary N) is 1. The maximum Gasteiger partial charge on any atom is 0.255 e. The van der Waals surface area contributed by atoms with E-state index in [1.165, 1.54) is 0 Å². The predicted octanol–water partition coefficient (Wildman–Crippen LogP) is 1.45. The average Bonchev–Trinajstić information content (AvgIpc) is 3.09. The van der Waals surface area contributed by atoms with Crippen molar-refractivity contribution in [1.82, 2.24) is 19.1 Å². The predicted molar refractivity (Wildman–Crippen MR) is 74.3 cm³/mol. The van der Waals surface area contributed by atoms with Crippen molar-refractivity contribution in [3.05, 3.63) is 12.4 Å². The first-order valence-corrected chi connectivity index (χ1v) is 7.25. The van der Waals surface area contributed by atoms with Crippen LogP contribution >= 0.6 is 11.5 Å². The van der Waals surface area contributed by atoms with Crippen molar-refractivity contribution >= 4 is 22.6 Å². The van der Waals surface area contributed by atoms with E-state index < -0.39 is 0 Å². The summed E-state index contributed by atoms with van der Waals surface area (Å²) in [7, 11) is 1.83. The van der Waals surface area contributed by atoms with Crippen LogP contribution in [0, 0.1) is 0 Å². The topological polar surface area (TPSA) is 81.9 Å². The molecular formula is C12H15N5O2S. The SMILES string of the molecule is Cn1cc(-c2nsc(NC(=O)C3CCCCO3)n2)cn1. The van der Waals surface area contributed by atoms with Crippen LogP contribution in [0.15, 0.2) is 12.4 Å². The highest BCUT2D eigenvalue weighted by atomic mass is 32.1. The number of hydrogen-bond donors (Lipinski definition) is 1. The molecule has 0 aromatic carbocycles. The van der Waals surface area contributed by atoms with Crippen LogP contribution in [-0.4, -0.2) is 37.8 Å². The number of hydrogen-bond acceptors (Lipinski definition) is 6. The molecule has 1 atom stereocenters. The lowest BCUT2D eigenvalue weighted by Crippen LogP contribution is -2.33. The maximum absolute atomic E-state index is 12.0. The Morgan fingerprint density at radius 1 is 1.55 bits per heavy atom. The summed E-state index contributed by atoms with van der Waals surface area (Å²) in [4.78, 5) is 16.3. The van der Waals surface area contributed by atoms with Gasteiger partial charge in [-0.1, -0.05) is 0 Å². The van der Waals surface area contributed by atoms with E-state index >= 15 is 0 Å². The lowest BCUT2D eigenvalue weighted by Gasteiger charge is -2.20. The molecule has 106 valence electrons. The van der Waals surface area contributed by atoms with Gasteiger partial charge in [-0.3, -0.25) is 14.8 Å². The summed E-state index contributed by atoms with van der Waals surface area (Å²) in [6, 6.07) is 0. The summed E-state index contributed by atoms with van der Waals surface area (Å²) in [5.41, 5.74) is 0.832. The highest BCUT2D eigenvalue weighted by Crippen LogP contribution is 2.21. The van der Waals surface area contributed by atoms with E-state index in [0.29, 0.717) is 17.6 Å². The van der Waals surface area contributed by atoms with Gasteiger partial charge in [-0.05, 0) is 19.3 Å². The lowest BCUT2D eigenvalue weighted by atomic mass is 10.1. The summed E-state index contributed by atoms with van der Waals surface area (Å²) in [5, 5.41) is 7.32. The molecule has 0 radical (unpaired) electrons. The molecule has 3 rings (SSSR count). The van der Waals surface area contributed by atoms with Crippen LogP contribution in [0.25, 0.3) is 11.4 Å². The first-order chi connectivity index (χ1) is 9.72. The molecule has 0 spiro atoms. The highest BCUT2D eigenvalue weighted by Gasteiger charge is 2.23. The Balaban J connectivity index is 1.66. The maximum atomic E-state index is 12.0. The lowest BCUT2D eigenvalue weighted by molar-refractivity contribution is -0.129. The number of aryl methyl sites for hydroxylation is 1. The third-order valence-electron chi connectivity index (χ3n) is 3.09. The minimum Gasteiger partial charge on any atom is -0.368 e. The summed E-state index contributed by atoms with van der Waals surface area (Å²) in [5.74, 6) is 0.432. The normalized spacial score (nSPS) is 18.9. The van der Waals surface area contributed by atoms with Gasteiger partial charge in [0.05, 0.1) is 11.8 Å². The van der Waals surface area contributed by atoms with Gasteiger partial charge in [0.15, 0.2) is 5.82 Å². The molecule has 1 saturated heterocycles. The zero-order valence-corrected chi connectivity index (χ0v) is 11.9. The van der Waals surface area contributed by atoms with Gasteiger partial charge in [0.2, 0.25) is 5.13 Å². The van der Waals surface area contributed by atoms with Crippen LogP contribution in [0.3, 0.4) is 0 Å². The molecule has 3 heterocycles. The minimum atomic E-state index is -0.366. The van der Waals surface area contributed by atoms with Gasteiger partial charge < -0.3 is 4.74 Å². The van der Waals surface area contributed by atoms with Crippen molar-refractivity contribution in [1.29, 1.82) is 0 Å². The molecule has 1 N–H and O–H groups in total. The number of amides is 1. The van der Waals surface area contributed by atoms with E-state index in [1.807, 2.05) is 13.2 Å². The third-order valence-corrected chi connectivity index (χ3v) is 3.72. The first kappa shape index (κ1) is 13.2. The Hall–Kier alpha value is -1.80. The monoisotopic (exact) mass is 293 g/mol. The quantitative estimate of drug-likeness (QED) is 0.926. The van der Waals surface area contributed by atoms with Gasteiger partial charge in [-0.2, -0.15) is 14.5 Å². The molecule has 1 aliphatic rings. The van der Waals surface area contributed by atoms with Crippen molar-refractivity contribution in [3.8, 4) is 11.4 Å². The molecule has 0 saturated carbocycles. The second kappa shape index (κ2) is 5.68. The van der Waals surface area contributed by atoms with Crippen LogP contribution in [-0.2, 0) is 16.6 Å². The molecule has 0 aliphatic carbocycles. The van der Waals surface area contributed by atoms with Crippen molar-refractivity contribution in [2.24, 2.45) is 7.05 Å². The Morgan fingerprint density at radius 3 is 3.15 bits per heavy atom. The number of nitrogens with zero attached hydrogens (tertiary/aromatic N) is 4. The molecule has 1 unspecified atom stereocenters. The van der Waals surface area contributed by atoms with Gasteiger partial charge in [-0.15, -0.1) is 0 Å². The van der Waals surface area contributed by atoms with Crippen molar-refractivity contribution in [2.75, 3.05) is 11.9 Å². The van der Waals surface area contributed by atoms with E-state index in [1.54, 1.807) is 10.9 Å². The molecule has 1 amide bonds. The first-order valence-electron chi connectivity index (χ1n) is 6.47. The minimum absolute atomic E-state index is 0.140. The number of anilines is 1. The van der Waals surface area contributed by atoms with Crippen LogP contribution in [0.4, 0.5) is 5.13 Å². The zero-order valence-electron chi connectivity index (χ0n) is 11.1. The zero-order chi connectivity index (χ0) is 13.9. The highest BCUT2D eigenvalue weighted by molar-refractivity contribution is 7.10. The summed E-state index contributed by atoms with van der Waals surface area (Å²) in [6.07, 6.45) is 5.97. The summed E-state index contributed by atoms with van der Waals surface area (Å²) >= 11 is 1.16. The van der Waals surface area contributed by atoms with E-state index in [9.17, 15) is 4.79 Å². The molecule has 0 bridgehead atoms. The van der Waals surface area contributed by atoms with E-state index in [-0.39, 0.29) is 12.0 Å². The number of carbonyl (C=O) groups excluding carboxylic acids is 1. The van der Waals surface area contributed by atoms with Gasteiger partial charge in [0.1, 0.15) is 6.10 Å². The fourth-order valence-corrected chi connectivity index (χ4v) is 2.65. The van der Waals surface area contributed by atoms with Crippen molar-refractivity contribution < 1.29 is 9.53 Å². The average molecular weight is 293 g/mol. The molecule has 8 heteroatoms. The van der Waals surface area contributed by atoms with Gasteiger partial charge in [0, 0.05) is 31.4 Å². The van der Waals surface area contributed by atoms with Gasteiger partial charge >= 0.3 is 0 Å². The van der Waals surface area contributed by atoms with Crippen LogP contribution in [0.1, 0.15) is 19.3 Å². The Kier molecular flexibility index (Phi) is 3.75. The molecule has 7 nitrogen and oxygen atoms in total. The fraction of sp³-hybridized carbons (Fsp3) is 0.500.